The molecule has 2 amide bonds. The van der Waals surface area contributed by atoms with Gasteiger partial charge in [-0.2, -0.15) is 0 Å². The van der Waals surface area contributed by atoms with Crippen molar-refractivity contribution in [3.63, 3.8) is 0 Å². The van der Waals surface area contributed by atoms with Gasteiger partial charge in [-0.25, -0.2) is 0 Å². The predicted molar refractivity (Wildman–Crippen MR) is 154 cm³/mol. The molecule has 2 N–H and O–H groups in total. The Kier molecular flexibility index (Phi) is 7.23. The van der Waals surface area contributed by atoms with E-state index in [2.05, 4.69) is 20.3 Å². The van der Waals surface area contributed by atoms with E-state index in [4.69, 9.17) is 0 Å². The molecule has 4 heterocycles. The number of hydrogen-bond donors (Lipinski definition) is 2. The highest BCUT2D eigenvalue weighted by atomic mass is 32.1. The third-order valence-corrected chi connectivity index (χ3v) is 8.29. The summed E-state index contributed by atoms with van der Waals surface area (Å²) in [5.41, 5.74) is 2.74. The lowest BCUT2D eigenvalue weighted by Crippen LogP contribution is -2.47. The average molecular weight is 595 g/mol. The minimum absolute atomic E-state index is 0.00238. The molecule has 0 radical (unpaired) electrons. The summed E-state index contributed by atoms with van der Waals surface area (Å²) < 4.78 is 43.1. The van der Waals surface area contributed by atoms with Crippen LogP contribution in [0.2, 0.25) is 0 Å². The summed E-state index contributed by atoms with van der Waals surface area (Å²) in [4.78, 5) is 41.3. The van der Waals surface area contributed by atoms with Crippen LogP contribution in [0.25, 0.3) is 0 Å². The van der Waals surface area contributed by atoms with E-state index in [0.717, 1.165) is 29.9 Å². The number of carbonyl (C=O) groups excluding carboxylic acids is 2. The zero-order valence-electron chi connectivity index (χ0n) is 22.1. The van der Waals surface area contributed by atoms with Crippen molar-refractivity contribution in [3.05, 3.63) is 105 Å². The lowest BCUT2D eigenvalue weighted by molar-refractivity contribution is -0.274. The summed E-state index contributed by atoms with van der Waals surface area (Å²) in [7, 11) is 0. The molecule has 216 valence electrons. The number of ether oxygens (including phenoxy) is 1. The average Bonchev–Trinajstić information content (AvgIpc) is 3.49. The van der Waals surface area contributed by atoms with Crippen LogP contribution in [-0.2, 0) is 6.54 Å². The second kappa shape index (κ2) is 11.0. The van der Waals surface area contributed by atoms with Gasteiger partial charge in [0, 0.05) is 48.6 Å². The van der Waals surface area contributed by atoms with E-state index in [1.165, 1.54) is 23.5 Å². The lowest BCUT2D eigenvalue weighted by atomic mass is 9.83. The van der Waals surface area contributed by atoms with Crippen molar-refractivity contribution in [2.75, 3.05) is 28.6 Å². The van der Waals surface area contributed by atoms with E-state index in [0.29, 0.717) is 30.2 Å². The van der Waals surface area contributed by atoms with Crippen LogP contribution >= 0.6 is 11.3 Å². The minimum Gasteiger partial charge on any atom is -0.406 e. The van der Waals surface area contributed by atoms with Crippen LogP contribution in [0.5, 0.6) is 5.75 Å². The Morgan fingerprint density at radius 3 is 2.45 bits per heavy atom. The smallest absolute Gasteiger partial charge is 0.406 e. The molecule has 2 atom stereocenters. The number of benzene rings is 2. The molecule has 42 heavy (non-hydrogen) atoms. The van der Waals surface area contributed by atoms with Gasteiger partial charge in [-0.15, -0.1) is 24.5 Å². The molecule has 2 bridgehead atoms. The Balaban J connectivity index is 1.27. The predicted octanol–water partition coefficient (Wildman–Crippen LogP) is 5.94. The summed E-state index contributed by atoms with van der Waals surface area (Å²) in [6, 6.07) is 18.7. The first-order valence-corrected chi connectivity index (χ1v) is 14.1. The van der Waals surface area contributed by atoms with Crippen molar-refractivity contribution in [2.24, 2.45) is 5.92 Å². The molecule has 8 nitrogen and oxygen atoms in total. The monoisotopic (exact) mass is 594 g/mol. The molecular formula is C30H25F3N4O4S. The quantitative estimate of drug-likeness (QED) is 0.289. The molecule has 0 spiro atoms. The SMILES string of the molecule is O=C(Nc1ccc(OC(F)(F)F)cc1)c1ccc(N2CC3CC(C2)c2cccc(=O)n2C3)c(NC(=O)c2cccs2)c1. The van der Waals surface area contributed by atoms with Gasteiger partial charge >= 0.3 is 6.36 Å². The van der Waals surface area contributed by atoms with Gasteiger partial charge in [0.1, 0.15) is 5.75 Å². The van der Waals surface area contributed by atoms with Crippen LogP contribution in [-0.4, -0.2) is 35.8 Å². The zero-order chi connectivity index (χ0) is 29.4. The first-order chi connectivity index (χ1) is 20.1. The number of nitrogens with one attached hydrogen (secondary N) is 2. The van der Waals surface area contributed by atoms with Gasteiger partial charge < -0.3 is 24.8 Å². The molecule has 6 rings (SSSR count). The molecule has 12 heteroatoms. The molecule has 2 aliphatic rings. The van der Waals surface area contributed by atoms with Gasteiger partial charge in [0.25, 0.3) is 17.4 Å². The Morgan fingerprint density at radius 2 is 1.71 bits per heavy atom. The van der Waals surface area contributed by atoms with Crippen LogP contribution < -0.4 is 25.8 Å². The topological polar surface area (TPSA) is 92.7 Å². The number of alkyl halides is 3. The molecule has 2 aromatic heterocycles. The van der Waals surface area contributed by atoms with E-state index in [1.807, 2.05) is 10.6 Å². The lowest BCUT2D eigenvalue weighted by Gasteiger charge is -2.44. The third kappa shape index (κ3) is 5.89. The van der Waals surface area contributed by atoms with E-state index in [1.54, 1.807) is 47.8 Å². The van der Waals surface area contributed by atoms with Crippen molar-refractivity contribution >= 4 is 40.2 Å². The number of pyridine rings is 1. The number of fused-ring (bicyclic) bond motifs is 4. The van der Waals surface area contributed by atoms with E-state index in [-0.39, 0.29) is 34.6 Å². The molecule has 4 aromatic rings. The molecule has 2 unspecified atom stereocenters. The van der Waals surface area contributed by atoms with Gasteiger partial charge in [-0.3, -0.25) is 14.4 Å². The Morgan fingerprint density at radius 1 is 0.905 bits per heavy atom. The fraction of sp³-hybridized carbons (Fsp3) is 0.233. The first kappa shape index (κ1) is 27.6. The minimum atomic E-state index is -4.81. The summed E-state index contributed by atoms with van der Waals surface area (Å²) in [6.45, 7) is 1.93. The van der Waals surface area contributed by atoms with Gasteiger partial charge in [0.05, 0.1) is 16.3 Å². The number of nitrogens with zero attached hydrogens (tertiary/aromatic N) is 2. The molecule has 1 saturated heterocycles. The first-order valence-electron chi connectivity index (χ1n) is 13.2. The maximum atomic E-state index is 13.1. The number of carbonyl (C=O) groups is 2. The fourth-order valence-electron chi connectivity index (χ4n) is 5.68. The standard InChI is InChI=1S/C30H25F3N4O4S/c31-30(32,33)41-22-9-7-21(8-10-22)34-28(39)19-6-11-25(23(14-19)35-29(40)26-4-2-12-42-26)36-15-18-13-20(17-36)24-3-1-5-27(38)37(24)16-18/h1-12,14,18,20H,13,15-17H2,(H,34,39)(H,35,40). The second-order valence-electron chi connectivity index (χ2n) is 10.3. The summed E-state index contributed by atoms with van der Waals surface area (Å²) in [5.74, 6) is -0.828. The number of thiophene rings is 1. The van der Waals surface area contributed by atoms with Gasteiger partial charge in [-0.05, 0) is 72.3 Å². The van der Waals surface area contributed by atoms with Crippen molar-refractivity contribution in [1.82, 2.24) is 4.57 Å². The van der Waals surface area contributed by atoms with Crippen LogP contribution in [0.4, 0.5) is 30.2 Å². The van der Waals surface area contributed by atoms with Crippen molar-refractivity contribution in [3.8, 4) is 5.75 Å². The summed E-state index contributed by atoms with van der Waals surface area (Å²) in [5, 5.41) is 7.44. The molecule has 2 aliphatic heterocycles. The fourth-order valence-corrected chi connectivity index (χ4v) is 6.30. The maximum absolute atomic E-state index is 13.1. The highest BCUT2D eigenvalue weighted by Gasteiger charge is 2.35. The number of hydrogen-bond acceptors (Lipinski definition) is 6. The number of halogens is 3. The molecule has 2 aromatic carbocycles. The summed E-state index contributed by atoms with van der Waals surface area (Å²) in [6.07, 6.45) is -3.85. The Labute approximate surface area is 242 Å². The number of anilines is 3. The van der Waals surface area contributed by atoms with Crippen LogP contribution in [0.3, 0.4) is 0 Å². The second-order valence-corrected chi connectivity index (χ2v) is 11.2. The van der Waals surface area contributed by atoms with E-state index in [9.17, 15) is 27.6 Å². The number of aromatic nitrogens is 1. The van der Waals surface area contributed by atoms with Crippen molar-refractivity contribution in [2.45, 2.75) is 25.2 Å². The number of amides is 2. The van der Waals surface area contributed by atoms with Gasteiger partial charge in [-0.1, -0.05) is 12.1 Å². The van der Waals surface area contributed by atoms with E-state index < -0.39 is 18.0 Å². The maximum Gasteiger partial charge on any atom is 0.573 e. The van der Waals surface area contributed by atoms with Crippen molar-refractivity contribution < 1.29 is 27.5 Å². The molecule has 0 saturated carbocycles. The van der Waals surface area contributed by atoms with Crippen LogP contribution in [0, 0.1) is 5.92 Å². The molecule has 1 fully saturated rings. The highest BCUT2D eigenvalue weighted by molar-refractivity contribution is 7.12. The van der Waals surface area contributed by atoms with Crippen molar-refractivity contribution in [1.29, 1.82) is 0 Å². The summed E-state index contributed by atoms with van der Waals surface area (Å²) >= 11 is 1.30. The Bertz CT molecular complexity index is 1690. The number of rotatable bonds is 6. The van der Waals surface area contributed by atoms with E-state index >= 15 is 0 Å². The highest BCUT2D eigenvalue weighted by Crippen LogP contribution is 2.39. The third-order valence-electron chi connectivity index (χ3n) is 7.42. The zero-order valence-corrected chi connectivity index (χ0v) is 22.9. The van der Waals surface area contributed by atoms with Crippen LogP contribution in [0.1, 0.15) is 38.1 Å². The molecule has 0 aliphatic carbocycles. The van der Waals surface area contributed by atoms with Crippen LogP contribution in [0.15, 0.2) is 83.0 Å². The van der Waals surface area contributed by atoms with Gasteiger partial charge in [0.15, 0.2) is 0 Å². The number of piperidine rings is 1. The largest absolute Gasteiger partial charge is 0.573 e. The normalized spacial score (nSPS) is 17.7. The Hall–Kier alpha value is -4.58. The van der Waals surface area contributed by atoms with Gasteiger partial charge in [0.2, 0.25) is 0 Å². The molecular weight excluding hydrogens is 569 g/mol.